The number of hydrogen-bond acceptors (Lipinski definition) is 4. The molecule has 0 aliphatic heterocycles. The van der Waals surface area contributed by atoms with Crippen LogP contribution in [0.1, 0.15) is 16.8 Å². The summed E-state index contributed by atoms with van der Waals surface area (Å²) >= 11 is 4.97. The summed E-state index contributed by atoms with van der Waals surface area (Å²) in [5.41, 5.74) is 6.95. The van der Waals surface area contributed by atoms with E-state index >= 15 is 0 Å². The second kappa shape index (κ2) is 4.25. The highest BCUT2D eigenvalue weighted by atomic mass is 79.9. The molecular formula is C12H9BrN2OS. The van der Waals surface area contributed by atoms with Crippen molar-refractivity contribution in [1.29, 1.82) is 0 Å². The number of nitrogens with zero attached hydrogens (tertiary/aromatic N) is 1. The Morgan fingerprint density at radius 3 is 3.00 bits per heavy atom. The van der Waals surface area contributed by atoms with Crippen LogP contribution in [0, 0.1) is 0 Å². The minimum absolute atomic E-state index is 0.291. The predicted molar refractivity (Wildman–Crippen MR) is 72.1 cm³/mol. The second-order valence-electron chi connectivity index (χ2n) is 3.68. The van der Waals surface area contributed by atoms with Crippen LogP contribution in [0.15, 0.2) is 44.7 Å². The molecule has 0 bridgehead atoms. The van der Waals surface area contributed by atoms with Crippen molar-refractivity contribution >= 4 is 38.2 Å². The molecule has 1 aromatic carbocycles. The number of hydrogen-bond donors (Lipinski definition) is 1. The Balaban J connectivity index is 2.06. The summed E-state index contributed by atoms with van der Waals surface area (Å²) < 4.78 is 6.76. The van der Waals surface area contributed by atoms with Gasteiger partial charge in [-0.05, 0) is 24.3 Å². The molecule has 3 nitrogen and oxygen atoms in total. The van der Waals surface area contributed by atoms with E-state index in [4.69, 9.17) is 10.2 Å². The molecule has 3 aromatic rings. The van der Waals surface area contributed by atoms with Crippen molar-refractivity contribution in [3.8, 4) is 0 Å². The molecule has 86 valence electrons. The van der Waals surface area contributed by atoms with Gasteiger partial charge in [0.05, 0.1) is 0 Å². The van der Waals surface area contributed by atoms with E-state index < -0.39 is 0 Å². The summed E-state index contributed by atoms with van der Waals surface area (Å²) in [5, 5.41) is 3.82. The fourth-order valence-electron chi connectivity index (χ4n) is 1.70. The third kappa shape index (κ3) is 2.01. The van der Waals surface area contributed by atoms with Crippen LogP contribution in [0.5, 0.6) is 0 Å². The molecule has 0 aliphatic rings. The van der Waals surface area contributed by atoms with Gasteiger partial charge in [0.15, 0.2) is 0 Å². The molecule has 0 spiro atoms. The molecule has 0 saturated heterocycles. The Morgan fingerprint density at radius 1 is 1.35 bits per heavy atom. The van der Waals surface area contributed by atoms with Crippen LogP contribution >= 0.6 is 27.3 Å². The summed E-state index contributed by atoms with van der Waals surface area (Å²) in [6.07, 6.45) is 1.75. The predicted octanol–water partition coefficient (Wildman–Crippen LogP) is 3.70. The van der Waals surface area contributed by atoms with E-state index in [0.717, 1.165) is 26.2 Å². The molecule has 1 atom stereocenters. The summed E-state index contributed by atoms with van der Waals surface area (Å²) in [7, 11) is 0. The van der Waals surface area contributed by atoms with Gasteiger partial charge in [0.2, 0.25) is 0 Å². The molecule has 0 fully saturated rings. The lowest BCUT2D eigenvalue weighted by Crippen LogP contribution is -2.10. The standard InChI is InChI=1S/C12H9BrN2OS/c13-8-1-2-9-7(5-8)6-10(16-9)11(14)12-15-3-4-17-12/h1-6,11H,14H2. The molecule has 1 unspecified atom stereocenters. The average Bonchev–Trinajstić information content (AvgIpc) is 2.96. The van der Waals surface area contributed by atoms with Crippen LogP contribution < -0.4 is 5.73 Å². The van der Waals surface area contributed by atoms with Gasteiger partial charge in [-0.25, -0.2) is 4.98 Å². The SMILES string of the molecule is NC(c1cc2cc(Br)ccc2o1)c1nccs1. The highest BCUT2D eigenvalue weighted by Gasteiger charge is 2.16. The van der Waals surface area contributed by atoms with Crippen molar-refractivity contribution in [1.82, 2.24) is 4.98 Å². The maximum atomic E-state index is 6.11. The lowest BCUT2D eigenvalue weighted by molar-refractivity contribution is 0.524. The molecule has 5 heteroatoms. The highest BCUT2D eigenvalue weighted by molar-refractivity contribution is 9.10. The molecule has 2 heterocycles. The summed E-state index contributed by atoms with van der Waals surface area (Å²) in [5.74, 6) is 0.744. The van der Waals surface area contributed by atoms with Crippen LogP contribution in [0.2, 0.25) is 0 Å². The van der Waals surface area contributed by atoms with Gasteiger partial charge < -0.3 is 10.2 Å². The van der Waals surface area contributed by atoms with E-state index in [2.05, 4.69) is 20.9 Å². The zero-order chi connectivity index (χ0) is 11.8. The van der Waals surface area contributed by atoms with Gasteiger partial charge in [-0.15, -0.1) is 11.3 Å². The maximum absolute atomic E-state index is 6.11. The lowest BCUT2D eigenvalue weighted by Gasteiger charge is -2.03. The highest BCUT2D eigenvalue weighted by Crippen LogP contribution is 2.29. The number of aromatic nitrogens is 1. The number of benzene rings is 1. The quantitative estimate of drug-likeness (QED) is 0.785. The Labute approximate surface area is 110 Å². The monoisotopic (exact) mass is 308 g/mol. The number of fused-ring (bicyclic) bond motifs is 1. The first-order valence-electron chi connectivity index (χ1n) is 5.08. The van der Waals surface area contributed by atoms with Crippen LogP contribution in [0.25, 0.3) is 11.0 Å². The van der Waals surface area contributed by atoms with Gasteiger partial charge in [-0.3, -0.25) is 0 Å². The first-order chi connectivity index (χ1) is 8.24. The minimum atomic E-state index is -0.291. The first-order valence-corrected chi connectivity index (χ1v) is 6.75. The summed E-state index contributed by atoms with van der Waals surface area (Å²) in [6.45, 7) is 0. The van der Waals surface area contributed by atoms with Gasteiger partial charge >= 0.3 is 0 Å². The number of rotatable bonds is 2. The molecule has 2 aromatic heterocycles. The lowest BCUT2D eigenvalue weighted by atomic mass is 10.2. The molecule has 0 radical (unpaired) electrons. The molecule has 0 aliphatic carbocycles. The van der Waals surface area contributed by atoms with Crippen LogP contribution in [-0.2, 0) is 0 Å². The van der Waals surface area contributed by atoms with Gasteiger partial charge in [0.1, 0.15) is 22.4 Å². The van der Waals surface area contributed by atoms with Crippen molar-refractivity contribution in [2.75, 3.05) is 0 Å². The van der Waals surface area contributed by atoms with Crippen molar-refractivity contribution in [2.24, 2.45) is 5.73 Å². The number of thiazole rings is 1. The van der Waals surface area contributed by atoms with E-state index in [9.17, 15) is 0 Å². The summed E-state index contributed by atoms with van der Waals surface area (Å²) in [6, 6.07) is 7.56. The molecule has 2 N–H and O–H groups in total. The van der Waals surface area contributed by atoms with E-state index in [1.165, 1.54) is 11.3 Å². The fourth-order valence-corrected chi connectivity index (χ4v) is 2.72. The topological polar surface area (TPSA) is 52.0 Å². The van der Waals surface area contributed by atoms with Crippen LogP contribution in [-0.4, -0.2) is 4.98 Å². The van der Waals surface area contributed by atoms with Crippen molar-refractivity contribution < 1.29 is 4.42 Å². The minimum Gasteiger partial charge on any atom is -0.459 e. The largest absolute Gasteiger partial charge is 0.459 e. The zero-order valence-electron chi connectivity index (χ0n) is 8.76. The molecule has 0 amide bonds. The van der Waals surface area contributed by atoms with E-state index in [0.29, 0.717) is 0 Å². The third-order valence-corrected chi connectivity index (χ3v) is 3.87. The smallest absolute Gasteiger partial charge is 0.134 e. The zero-order valence-corrected chi connectivity index (χ0v) is 11.2. The number of furan rings is 1. The first kappa shape index (κ1) is 11.0. The molecule has 0 saturated carbocycles. The third-order valence-electron chi connectivity index (χ3n) is 2.52. The van der Waals surface area contributed by atoms with Crippen molar-refractivity contribution in [3.05, 3.63) is 51.1 Å². The summed E-state index contributed by atoms with van der Waals surface area (Å²) in [4.78, 5) is 4.20. The van der Waals surface area contributed by atoms with Gasteiger partial charge in [-0.2, -0.15) is 0 Å². The fraction of sp³-hybridized carbons (Fsp3) is 0.0833. The van der Waals surface area contributed by atoms with Crippen LogP contribution in [0.4, 0.5) is 0 Å². The Kier molecular flexibility index (Phi) is 2.74. The van der Waals surface area contributed by atoms with Gasteiger partial charge in [-0.1, -0.05) is 15.9 Å². The van der Waals surface area contributed by atoms with Crippen molar-refractivity contribution in [3.63, 3.8) is 0 Å². The second-order valence-corrected chi connectivity index (χ2v) is 5.52. The number of nitrogens with two attached hydrogens (primary N) is 1. The molecular weight excluding hydrogens is 300 g/mol. The van der Waals surface area contributed by atoms with Gasteiger partial charge in [0.25, 0.3) is 0 Å². The Hall–Kier alpha value is -1.17. The molecule has 17 heavy (non-hydrogen) atoms. The van der Waals surface area contributed by atoms with E-state index in [1.54, 1.807) is 6.20 Å². The van der Waals surface area contributed by atoms with Gasteiger partial charge in [0, 0.05) is 21.4 Å². The normalized spacial score (nSPS) is 13.1. The van der Waals surface area contributed by atoms with Crippen molar-refractivity contribution in [2.45, 2.75) is 6.04 Å². The molecule has 3 rings (SSSR count). The van der Waals surface area contributed by atoms with Crippen LogP contribution in [0.3, 0.4) is 0 Å². The van der Waals surface area contributed by atoms with E-state index in [-0.39, 0.29) is 6.04 Å². The maximum Gasteiger partial charge on any atom is 0.134 e. The average molecular weight is 309 g/mol. The number of halogens is 1. The van der Waals surface area contributed by atoms with E-state index in [1.807, 2.05) is 29.6 Å². The Bertz CT molecular complexity index is 648. The Morgan fingerprint density at radius 2 is 2.24 bits per heavy atom.